The molecule has 0 spiro atoms. The zero-order valence-electron chi connectivity index (χ0n) is 15.2. The molecule has 9 heteroatoms. The smallest absolute Gasteiger partial charge is 0.315 e. The molecule has 3 atom stereocenters. The molecule has 6 nitrogen and oxygen atoms in total. The fourth-order valence-corrected chi connectivity index (χ4v) is 2.61. The van der Waals surface area contributed by atoms with Gasteiger partial charge in [0.15, 0.2) is 0 Å². The van der Waals surface area contributed by atoms with Crippen LogP contribution in [0.3, 0.4) is 0 Å². The van der Waals surface area contributed by atoms with E-state index < -0.39 is 31.2 Å². The minimum atomic E-state index is -3.28. The van der Waals surface area contributed by atoms with Crippen molar-refractivity contribution >= 4 is 5.91 Å². The first-order valence-corrected chi connectivity index (χ1v) is 8.50. The van der Waals surface area contributed by atoms with Crippen molar-refractivity contribution in [2.75, 3.05) is 20.4 Å². The highest BCUT2D eigenvalue weighted by Crippen LogP contribution is 2.24. The van der Waals surface area contributed by atoms with Crippen LogP contribution in [0.25, 0.3) is 11.1 Å². The Morgan fingerprint density at radius 3 is 2.36 bits per heavy atom. The Morgan fingerprint density at radius 2 is 1.86 bits per heavy atom. The van der Waals surface area contributed by atoms with Gasteiger partial charge in [-0.2, -0.15) is 8.78 Å². The summed E-state index contributed by atoms with van der Waals surface area (Å²) in [5, 5.41) is 12.0. The largest absolute Gasteiger partial charge is 0.386 e. The molecule has 0 saturated heterocycles. The van der Waals surface area contributed by atoms with Crippen molar-refractivity contribution in [3.8, 4) is 11.1 Å². The van der Waals surface area contributed by atoms with Crippen molar-refractivity contribution in [3.05, 3.63) is 53.9 Å². The van der Waals surface area contributed by atoms with Gasteiger partial charge in [-0.3, -0.25) is 9.78 Å². The number of alkyl halides is 3. The predicted octanol–water partition coefficient (Wildman–Crippen LogP) is 2.15. The summed E-state index contributed by atoms with van der Waals surface area (Å²) < 4.78 is 42.7. The van der Waals surface area contributed by atoms with E-state index in [-0.39, 0.29) is 11.6 Å². The molecule has 0 aliphatic carbocycles. The minimum absolute atomic E-state index is 0.285. The van der Waals surface area contributed by atoms with Crippen LogP contribution < -0.4 is 11.1 Å². The maximum Gasteiger partial charge on any atom is 0.315 e. The normalized spacial score (nSPS) is 14.5. The third-order valence-electron chi connectivity index (χ3n) is 4.17. The SMILES string of the molecule is COCC(N)c1ccc(-c2ccc([C@H](O)[C@@H](CF)NC(=O)C(F)F)cc2)cn1. The lowest BCUT2D eigenvalue weighted by Crippen LogP contribution is -2.43. The highest BCUT2D eigenvalue weighted by atomic mass is 19.3. The molecule has 1 aromatic heterocycles. The van der Waals surface area contributed by atoms with Gasteiger partial charge < -0.3 is 20.9 Å². The standard InChI is InChI=1S/C19H22F3N3O3/c1-28-10-14(23)15-7-6-13(9-24-15)11-2-4-12(5-3-11)17(26)16(8-20)25-19(27)18(21)22/h2-7,9,14,16-18,26H,8,10,23H2,1H3,(H,25,27)/t14?,16-,17+/m1/s1. The average Bonchev–Trinajstić information content (AvgIpc) is 2.71. The molecule has 0 aliphatic rings. The van der Waals surface area contributed by atoms with E-state index in [0.29, 0.717) is 12.3 Å². The number of benzene rings is 1. The number of methoxy groups -OCH3 is 1. The van der Waals surface area contributed by atoms with Crippen molar-refractivity contribution in [1.82, 2.24) is 10.3 Å². The van der Waals surface area contributed by atoms with E-state index in [1.807, 2.05) is 6.07 Å². The van der Waals surface area contributed by atoms with Gasteiger partial charge in [-0.15, -0.1) is 0 Å². The van der Waals surface area contributed by atoms with Gasteiger partial charge in [-0.25, -0.2) is 4.39 Å². The van der Waals surface area contributed by atoms with Crippen LogP contribution in [0.5, 0.6) is 0 Å². The number of hydrogen-bond donors (Lipinski definition) is 3. The van der Waals surface area contributed by atoms with Gasteiger partial charge in [-0.05, 0) is 17.2 Å². The molecule has 4 N–H and O–H groups in total. The predicted molar refractivity (Wildman–Crippen MR) is 97.3 cm³/mol. The number of nitrogens with zero attached hydrogens (tertiary/aromatic N) is 1. The number of pyridine rings is 1. The highest BCUT2D eigenvalue weighted by molar-refractivity contribution is 5.79. The Hall–Kier alpha value is -2.49. The van der Waals surface area contributed by atoms with Gasteiger partial charge in [-0.1, -0.05) is 30.3 Å². The van der Waals surface area contributed by atoms with Gasteiger partial charge in [0.05, 0.1) is 24.4 Å². The molecular formula is C19H22F3N3O3. The van der Waals surface area contributed by atoms with E-state index in [9.17, 15) is 23.1 Å². The van der Waals surface area contributed by atoms with Crippen molar-refractivity contribution in [2.24, 2.45) is 5.73 Å². The molecule has 28 heavy (non-hydrogen) atoms. The van der Waals surface area contributed by atoms with Crippen LogP contribution in [-0.2, 0) is 9.53 Å². The monoisotopic (exact) mass is 397 g/mol. The molecule has 1 aromatic carbocycles. The van der Waals surface area contributed by atoms with Crippen LogP contribution in [-0.4, -0.2) is 48.9 Å². The average molecular weight is 397 g/mol. The third kappa shape index (κ3) is 5.51. The van der Waals surface area contributed by atoms with Gasteiger partial charge in [0.1, 0.15) is 12.8 Å². The molecule has 0 bridgehead atoms. The van der Waals surface area contributed by atoms with Crippen molar-refractivity contribution in [1.29, 1.82) is 0 Å². The van der Waals surface area contributed by atoms with E-state index >= 15 is 0 Å². The van der Waals surface area contributed by atoms with Crippen LogP contribution in [0.4, 0.5) is 13.2 Å². The number of amides is 1. The zero-order chi connectivity index (χ0) is 20.7. The van der Waals surface area contributed by atoms with Crippen molar-refractivity contribution < 1.29 is 27.8 Å². The van der Waals surface area contributed by atoms with Crippen molar-refractivity contribution in [3.63, 3.8) is 0 Å². The van der Waals surface area contributed by atoms with Gasteiger partial charge >= 0.3 is 6.43 Å². The van der Waals surface area contributed by atoms with E-state index in [2.05, 4.69) is 4.98 Å². The molecule has 1 unspecified atom stereocenters. The van der Waals surface area contributed by atoms with Crippen molar-refractivity contribution in [2.45, 2.75) is 24.6 Å². The molecule has 2 rings (SSSR count). The zero-order valence-corrected chi connectivity index (χ0v) is 15.2. The summed E-state index contributed by atoms with van der Waals surface area (Å²) in [7, 11) is 1.55. The van der Waals surface area contributed by atoms with Crippen LogP contribution in [0.15, 0.2) is 42.6 Å². The molecular weight excluding hydrogens is 375 g/mol. The van der Waals surface area contributed by atoms with Crippen LogP contribution in [0, 0.1) is 0 Å². The van der Waals surface area contributed by atoms with Crippen LogP contribution >= 0.6 is 0 Å². The van der Waals surface area contributed by atoms with Crippen LogP contribution in [0.1, 0.15) is 23.4 Å². The second-order valence-corrected chi connectivity index (χ2v) is 6.17. The number of aliphatic hydroxyl groups is 1. The summed E-state index contributed by atoms with van der Waals surface area (Å²) in [6.07, 6.45) is -3.10. The summed E-state index contributed by atoms with van der Waals surface area (Å²) in [6.45, 7) is -0.842. The summed E-state index contributed by atoms with van der Waals surface area (Å²) >= 11 is 0. The lowest BCUT2D eigenvalue weighted by molar-refractivity contribution is -0.133. The first-order chi connectivity index (χ1) is 13.4. The lowest BCUT2D eigenvalue weighted by Gasteiger charge is -2.22. The van der Waals surface area contributed by atoms with E-state index in [1.165, 1.54) is 12.1 Å². The molecule has 152 valence electrons. The topological polar surface area (TPSA) is 97.5 Å². The Bertz CT molecular complexity index is 757. The molecule has 0 aliphatic heterocycles. The number of carbonyl (C=O) groups excluding carboxylic acids is 1. The summed E-state index contributed by atoms with van der Waals surface area (Å²) in [5.41, 5.74) is 8.46. The Morgan fingerprint density at radius 1 is 1.21 bits per heavy atom. The number of rotatable bonds is 9. The fraction of sp³-hybridized carbons (Fsp3) is 0.368. The Labute approximate surface area is 160 Å². The van der Waals surface area contributed by atoms with Gasteiger partial charge in [0, 0.05) is 18.9 Å². The number of hydrogen-bond acceptors (Lipinski definition) is 5. The van der Waals surface area contributed by atoms with Gasteiger partial charge in [0.2, 0.25) is 0 Å². The molecule has 0 fully saturated rings. The quantitative estimate of drug-likeness (QED) is 0.602. The molecule has 1 heterocycles. The van der Waals surface area contributed by atoms with E-state index in [4.69, 9.17) is 10.5 Å². The number of carbonyl (C=O) groups is 1. The first-order valence-electron chi connectivity index (χ1n) is 8.50. The summed E-state index contributed by atoms with van der Waals surface area (Å²) in [5.74, 6) is -1.63. The number of aliphatic hydroxyl groups excluding tert-OH is 1. The maximum atomic E-state index is 13.1. The summed E-state index contributed by atoms with van der Waals surface area (Å²) in [6, 6.07) is 8.22. The first kappa shape index (κ1) is 21.8. The lowest BCUT2D eigenvalue weighted by atomic mass is 9.99. The number of nitrogens with one attached hydrogen (secondary N) is 1. The molecule has 0 saturated carbocycles. The van der Waals surface area contributed by atoms with E-state index in [0.717, 1.165) is 11.1 Å². The highest BCUT2D eigenvalue weighted by Gasteiger charge is 2.26. The number of halogens is 3. The number of ether oxygens (including phenoxy) is 1. The minimum Gasteiger partial charge on any atom is -0.386 e. The Balaban J connectivity index is 2.10. The second kappa shape index (κ2) is 10.2. The summed E-state index contributed by atoms with van der Waals surface area (Å²) in [4.78, 5) is 15.3. The number of aromatic nitrogens is 1. The second-order valence-electron chi connectivity index (χ2n) is 6.17. The van der Waals surface area contributed by atoms with E-state index in [1.54, 1.807) is 36.8 Å². The third-order valence-corrected chi connectivity index (χ3v) is 4.17. The molecule has 1 amide bonds. The Kier molecular flexibility index (Phi) is 7.91. The molecule has 0 radical (unpaired) electrons. The van der Waals surface area contributed by atoms with Gasteiger partial charge in [0.25, 0.3) is 5.91 Å². The molecule has 2 aromatic rings. The fourth-order valence-electron chi connectivity index (χ4n) is 2.61. The number of nitrogens with two attached hydrogens (primary N) is 1. The maximum absolute atomic E-state index is 13.1. The van der Waals surface area contributed by atoms with Crippen LogP contribution in [0.2, 0.25) is 0 Å².